The van der Waals surface area contributed by atoms with Crippen LogP contribution < -0.4 is 5.32 Å². The largest absolute Gasteiger partial charge is 0.392 e. The number of hydrogen-bond donors (Lipinski definition) is 2. The molecule has 0 aromatic carbocycles. The fourth-order valence-corrected chi connectivity index (χ4v) is 1.59. The summed E-state index contributed by atoms with van der Waals surface area (Å²) in [7, 11) is 0. The maximum atomic E-state index is 8.96. The zero-order valence-corrected chi connectivity index (χ0v) is 6.76. The molecule has 2 N–H and O–H groups in total. The smallest absolute Gasteiger partial charge is 0.0679 e. The van der Waals surface area contributed by atoms with Gasteiger partial charge >= 0.3 is 0 Å². The number of alkyl halides is 1. The standard InChI is InChI=1S/C5H10INO/c6-2-4-1-5(8)3-7-4/h4-5,7-8H,1-3H2/t4-,5+/m1/s1. The van der Waals surface area contributed by atoms with E-state index in [0.717, 1.165) is 17.4 Å². The van der Waals surface area contributed by atoms with Crippen LogP contribution in [0.5, 0.6) is 0 Å². The van der Waals surface area contributed by atoms with E-state index in [1.54, 1.807) is 0 Å². The highest BCUT2D eigenvalue weighted by Crippen LogP contribution is 2.07. The molecule has 0 radical (unpaired) electrons. The minimum atomic E-state index is -0.0882. The third-order valence-electron chi connectivity index (χ3n) is 1.39. The van der Waals surface area contributed by atoms with Gasteiger partial charge in [0.15, 0.2) is 0 Å². The number of nitrogens with one attached hydrogen (secondary N) is 1. The third kappa shape index (κ3) is 1.56. The van der Waals surface area contributed by atoms with Gasteiger partial charge in [-0.25, -0.2) is 0 Å². The Morgan fingerprint density at radius 1 is 1.75 bits per heavy atom. The van der Waals surface area contributed by atoms with Crippen molar-refractivity contribution in [3.05, 3.63) is 0 Å². The van der Waals surface area contributed by atoms with Gasteiger partial charge in [-0.2, -0.15) is 0 Å². The monoisotopic (exact) mass is 227 g/mol. The summed E-state index contributed by atoms with van der Waals surface area (Å²) in [5, 5.41) is 12.2. The van der Waals surface area contributed by atoms with Gasteiger partial charge in [0.05, 0.1) is 6.10 Å². The molecule has 2 nitrogen and oxygen atoms in total. The highest BCUT2D eigenvalue weighted by Gasteiger charge is 2.19. The van der Waals surface area contributed by atoms with Gasteiger partial charge in [0.2, 0.25) is 0 Å². The molecular formula is C5H10INO. The minimum Gasteiger partial charge on any atom is -0.392 e. The van der Waals surface area contributed by atoms with Crippen LogP contribution in [0.4, 0.5) is 0 Å². The van der Waals surface area contributed by atoms with Gasteiger partial charge in [-0.1, -0.05) is 22.6 Å². The Kier molecular flexibility index (Phi) is 2.52. The predicted octanol–water partition coefficient (Wildman–Crippen LogP) is 0.144. The molecular weight excluding hydrogens is 217 g/mol. The fourth-order valence-electron chi connectivity index (χ4n) is 0.915. The van der Waals surface area contributed by atoms with Crippen molar-refractivity contribution < 1.29 is 5.11 Å². The van der Waals surface area contributed by atoms with Gasteiger partial charge in [-0.15, -0.1) is 0 Å². The van der Waals surface area contributed by atoms with E-state index in [9.17, 15) is 0 Å². The van der Waals surface area contributed by atoms with Gasteiger partial charge < -0.3 is 10.4 Å². The molecule has 0 saturated carbocycles. The zero-order valence-electron chi connectivity index (χ0n) is 4.60. The molecule has 1 heterocycles. The molecule has 0 aromatic rings. The number of aliphatic hydroxyl groups is 1. The summed E-state index contributed by atoms with van der Waals surface area (Å²) in [4.78, 5) is 0. The number of aliphatic hydroxyl groups excluding tert-OH is 1. The molecule has 3 heteroatoms. The Morgan fingerprint density at radius 3 is 2.75 bits per heavy atom. The van der Waals surface area contributed by atoms with Crippen LogP contribution in [-0.4, -0.2) is 28.2 Å². The van der Waals surface area contributed by atoms with Gasteiger partial charge in [0.25, 0.3) is 0 Å². The van der Waals surface area contributed by atoms with Gasteiger partial charge in [-0.05, 0) is 6.42 Å². The molecule has 48 valence electrons. The highest BCUT2D eigenvalue weighted by atomic mass is 127. The number of rotatable bonds is 1. The fraction of sp³-hybridized carbons (Fsp3) is 1.00. The summed E-state index contributed by atoms with van der Waals surface area (Å²) >= 11 is 2.33. The third-order valence-corrected chi connectivity index (χ3v) is 2.45. The van der Waals surface area contributed by atoms with Crippen molar-refractivity contribution in [2.45, 2.75) is 18.6 Å². The van der Waals surface area contributed by atoms with Gasteiger partial charge in [-0.3, -0.25) is 0 Å². The quantitative estimate of drug-likeness (QED) is 0.493. The normalized spacial score (nSPS) is 38.2. The molecule has 0 bridgehead atoms. The Balaban J connectivity index is 2.22. The molecule has 8 heavy (non-hydrogen) atoms. The van der Waals surface area contributed by atoms with E-state index in [2.05, 4.69) is 27.9 Å². The Bertz CT molecular complexity index is 78.8. The van der Waals surface area contributed by atoms with Gasteiger partial charge in [0, 0.05) is 17.0 Å². The second-order valence-corrected chi connectivity index (χ2v) is 3.03. The van der Waals surface area contributed by atoms with Crippen LogP contribution in [0.25, 0.3) is 0 Å². The topological polar surface area (TPSA) is 32.3 Å². The summed E-state index contributed by atoms with van der Waals surface area (Å²) in [5.74, 6) is 0. The van der Waals surface area contributed by atoms with E-state index >= 15 is 0 Å². The molecule has 0 spiro atoms. The first-order valence-electron chi connectivity index (χ1n) is 2.80. The Hall–Kier alpha value is 0.650. The first-order chi connectivity index (χ1) is 3.83. The SMILES string of the molecule is O[C@@H]1CN[C@@H](CI)C1. The van der Waals surface area contributed by atoms with E-state index < -0.39 is 0 Å². The Morgan fingerprint density at radius 2 is 2.50 bits per heavy atom. The molecule has 1 rings (SSSR count). The molecule has 0 aromatic heterocycles. The number of halogens is 1. The maximum Gasteiger partial charge on any atom is 0.0679 e. The predicted molar refractivity (Wildman–Crippen MR) is 41.3 cm³/mol. The summed E-state index contributed by atoms with van der Waals surface area (Å²) in [5.41, 5.74) is 0. The summed E-state index contributed by atoms with van der Waals surface area (Å²) in [6, 6.07) is 0.561. The van der Waals surface area contributed by atoms with Crippen molar-refractivity contribution in [1.82, 2.24) is 5.32 Å². The lowest BCUT2D eigenvalue weighted by Gasteiger charge is -2.01. The Labute approximate surface area is 62.8 Å². The molecule has 1 saturated heterocycles. The summed E-state index contributed by atoms with van der Waals surface area (Å²) < 4.78 is 1.11. The number of β-amino-alcohol motifs (C(OH)–C–C–N with tert-alkyl or cyclic N) is 1. The average Bonchev–Trinajstić information content (AvgIpc) is 2.14. The number of hydrogen-bond acceptors (Lipinski definition) is 2. The average molecular weight is 227 g/mol. The lowest BCUT2D eigenvalue weighted by Crippen LogP contribution is -2.22. The molecule has 1 fully saturated rings. The summed E-state index contributed by atoms with van der Waals surface area (Å²) in [6.45, 7) is 0.785. The van der Waals surface area contributed by atoms with E-state index in [-0.39, 0.29) is 6.10 Å². The molecule has 1 aliphatic heterocycles. The second kappa shape index (κ2) is 2.98. The van der Waals surface area contributed by atoms with Crippen LogP contribution >= 0.6 is 22.6 Å². The van der Waals surface area contributed by atoms with Crippen LogP contribution in [-0.2, 0) is 0 Å². The zero-order chi connectivity index (χ0) is 5.98. The first kappa shape index (κ1) is 6.77. The lowest BCUT2D eigenvalue weighted by atomic mass is 10.2. The van der Waals surface area contributed by atoms with Crippen molar-refractivity contribution in [1.29, 1.82) is 0 Å². The molecule has 2 atom stereocenters. The van der Waals surface area contributed by atoms with Crippen LogP contribution in [0.3, 0.4) is 0 Å². The van der Waals surface area contributed by atoms with Crippen LogP contribution in [0.1, 0.15) is 6.42 Å². The highest BCUT2D eigenvalue weighted by molar-refractivity contribution is 14.1. The van der Waals surface area contributed by atoms with E-state index in [4.69, 9.17) is 5.11 Å². The van der Waals surface area contributed by atoms with Crippen molar-refractivity contribution in [2.24, 2.45) is 0 Å². The van der Waals surface area contributed by atoms with E-state index in [1.165, 1.54) is 0 Å². The van der Waals surface area contributed by atoms with Crippen LogP contribution in [0, 0.1) is 0 Å². The minimum absolute atomic E-state index is 0.0882. The lowest BCUT2D eigenvalue weighted by molar-refractivity contribution is 0.194. The first-order valence-corrected chi connectivity index (χ1v) is 4.33. The molecule has 1 aliphatic rings. The van der Waals surface area contributed by atoms with Gasteiger partial charge in [0.1, 0.15) is 0 Å². The van der Waals surface area contributed by atoms with E-state index in [1.807, 2.05) is 0 Å². The van der Waals surface area contributed by atoms with Crippen LogP contribution in [0.2, 0.25) is 0 Å². The van der Waals surface area contributed by atoms with Crippen LogP contribution in [0.15, 0.2) is 0 Å². The molecule has 0 amide bonds. The maximum absolute atomic E-state index is 8.96. The van der Waals surface area contributed by atoms with E-state index in [0.29, 0.717) is 6.04 Å². The van der Waals surface area contributed by atoms with Crippen molar-refractivity contribution >= 4 is 22.6 Å². The molecule has 0 aliphatic carbocycles. The van der Waals surface area contributed by atoms with Crippen molar-refractivity contribution in [3.63, 3.8) is 0 Å². The second-order valence-electron chi connectivity index (χ2n) is 2.15. The van der Waals surface area contributed by atoms with Crippen molar-refractivity contribution in [2.75, 3.05) is 11.0 Å². The molecule has 0 unspecified atom stereocenters. The summed E-state index contributed by atoms with van der Waals surface area (Å²) in [6.07, 6.45) is 0.845. The van der Waals surface area contributed by atoms with Crippen molar-refractivity contribution in [3.8, 4) is 0 Å².